The first-order chi connectivity index (χ1) is 6.99. The zero-order chi connectivity index (χ0) is 13.1. The third-order valence-corrected chi connectivity index (χ3v) is 2.47. The van der Waals surface area contributed by atoms with Crippen LogP contribution in [0, 0.1) is 0 Å². The predicted molar refractivity (Wildman–Crippen MR) is 63.4 cm³/mol. The van der Waals surface area contributed by atoms with Crippen LogP contribution in [0.4, 0.5) is 0 Å². The van der Waals surface area contributed by atoms with E-state index >= 15 is 0 Å². The van der Waals surface area contributed by atoms with Crippen molar-refractivity contribution in [3.63, 3.8) is 0 Å². The van der Waals surface area contributed by atoms with E-state index in [0.29, 0.717) is 0 Å². The molecule has 0 fully saturated rings. The summed E-state index contributed by atoms with van der Waals surface area (Å²) in [6, 6.07) is 0. The lowest BCUT2D eigenvalue weighted by atomic mass is 9.99. The molecule has 0 rings (SSSR count). The highest BCUT2D eigenvalue weighted by molar-refractivity contribution is 6.23. The Kier molecular flexibility index (Phi) is 4.80. The van der Waals surface area contributed by atoms with E-state index in [-0.39, 0.29) is 0 Å². The van der Waals surface area contributed by atoms with E-state index in [1.165, 1.54) is 13.8 Å². The number of hydrogen-bond donors (Lipinski definition) is 1. The number of amides is 1. The molecule has 2 atom stereocenters. The van der Waals surface area contributed by atoms with Crippen molar-refractivity contribution in [1.82, 2.24) is 5.32 Å². The van der Waals surface area contributed by atoms with Gasteiger partial charge in [-0.05, 0) is 34.6 Å². The van der Waals surface area contributed by atoms with Crippen LogP contribution in [0.2, 0.25) is 0 Å². The zero-order valence-electron chi connectivity index (χ0n) is 10.7. The van der Waals surface area contributed by atoms with Gasteiger partial charge in [-0.2, -0.15) is 0 Å². The van der Waals surface area contributed by atoms with Gasteiger partial charge in [0.15, 0.2) is 0 Å². The lowest BCUT2D eigenvalue weighted by Crippen LogP contribution is -2.57. The molecule has 0 saturated carbocycles. The summed E-state index contributed by atoms with van der Waals surface area (Å²) in [6.07, 6.45) is 0. The lowest BCUT2D eigenvalue weighted by Gasteiger charge is -2.33. The minimum atomic E-state index is -1.35. The van der Waals surface area contributed by atoms with Crippen LogP contribution < -0.4 is 5.32 Å². The minimum absolute atomic E-state index is 0.391. The summed E-state index contributed by atoms with van der Waals surface area (Å²) in [5, 5.41) is 2.13. The van der Waals surface area contributed by atoms with E-state index in [9.17, 15) is 9.59 Å². The number of halogens is 1. The first-order valence-corrected chi connectivity index (χ1v) is 5.59. The van der Waals surface area contributed by atoms with Gasteiger partial charge < -0.3 is 10.1 Å². The molecule has 0 spiro atoms. The number of nitrogens with one attached hydrogen (secondary N) is 1. The number of ether oxygens (including phenoxy) is 1. The fourth-order valence-electron chi connectivity index (χ4n) is 1.07. The highest BCUT2D eigenvalue weighted by Crippen LogP contribution is 2.22. The highest BCUT2D eigenvalue weighted by Gasteiger charge is 2.42. The Morgan fingerprint density at radius 3 is 1.94 bits per heavy atom. The van der Waals surface area contributed by atoms with E-state index in [4.69, 9.17) is 16.3 Å². The molecule has 0 heterocycles. The summed E-state index contributed by atoms with van der Waals surface area (Å²) < 4.78 is 5.02. The SMILES string of the molecule is CC(=O)OC(C)(C(=O)NC(C)(C)C)C(C)Cl. The van der Waals surface area contributed by atoms with Crippen molar-refractivity contribution >= 4 is 23.5 Å². The maximum atomic E-state index is 12.0. The number of hydrogen-bond acceptors (Lipinski definition) is 3. The Hall–Kier alpha value is -0.770. The first-order valence-electron chi connectivity index (χ1n) is 5.15. The van der Waals surface area contributed by atoms with Crippen LogP contribution in [-0.2, 0) is 14.3 Å². The van der Waals surface area contributed by atoms with E-state index in [2.05, 4.69) is 5.32 Å². The van der Waals surface area contributed by atoms with Gasteiger partial charge in [0.1, 0.15) is 0 Å². The first kappa shape index (κ1) is 15.2. The normalized spacial score (nSPS) is 17.2. The molecular formula is C11H20ClNO3. The van der Waals surface area contributed by atoms with Crippen molar-refractivity contribution < 1.29 is 14.3 Å². The standard InChI is InChI=1S/C11H20ClNO3/c1-7(12)11(6,16-8(2)14)9(15)13-10(3,4)5/h7H,1-6H3,(H,13,15). The molecular weight excluding hydrogens is 230 g/mol. The van der Waals surface area contributed by atoms with Gasteiger partial charge in [-0.15, -0.1) is 11.6 Å². The number of carbonyl (C=O) groups is 2. The fourth-order valence-corrected chi connectivity index (χ4v) is 1.22. The van der Waals surface area contributed by atoms with Crippen molar-refractivity contribution in [3.05, 3.63) is 0 Å². The average molecular weight is 250 g/mol. The number of rotatable bonds is 3. The molecule has 0 aliphatic heterocycles. The van der Waals surface area contributed by atoms with Crippen molar-refractivity contribution in [3.8, 4) is 0 Å². The average Bonchev–Trinajstić information content (AvgIpc) is 1.98. The summed E-state index contributed by atoms with van der Waals surface area (Å²) >= 11 is 5.91. The number of esters is 1. The van der Waals surface area contributed by atoms with Crippen LogP contribution in [0.15, 0.2) is 0 Å². The van der Waals surface area contributed by atoms with Gasteiger partial charge in [0.05, 0.1) is 5.38 Å². The second kappa shape index (κ2) is 5.04. The molecule has 0 bridgehead atoms. The summed E-state index contributed by atoms with van der Waals surface area (Å²) in [7, 11) is 0. The topological polar surface area (TPSA) is 55.4 Å². The van der Waals surface area contributed by atoms with Crippen LogP contribution >= 0.6 is 11.6 Å². The van der Waals surface area contributed by atoms with E-state index in [1.54, 1.807) is 6.92 Å². The van der Waals surface area contributed by atoms with Crippen molar-refractivity contribution in [2.24, 2.45) is 0 Å². The smallest absolute Gasteiger partial charge is 0.303 e. The van der Waals surface area contributed by atoms with Crippen LogP contribution in [0.25, 0.3) is 0 Å². The Balaban J connectivity index is 4.92. The summed E-state index contributed by atoms with van der Waals surface area (Å²) in [6.45, 7) is 9.91. The Morgan fingerprint density at radius 1 is 1.25 bits per heavy atom. The summed E-state index contributed by atoms with van der Waals surface area (Å²) in [5.41, 5.74) is -1.75. The summed E-state index contributed by atoms with van der Waals surface area (Å²) in [5.74, 6) is -0.920. The number of alkyl halides is 1. The minimum Gasteiger partial charge on any atom is -0.448 e. The third kappa shape index (κ3) is 4.39. The number of carbonyl (C=O) groups excluding carboxylic acids is 2. The second-order valence-electron chi connectivity index (χ2n) is 5.02. The molecule has 5 heteroatoms. The van der Waals surface area contributed by atoms with Crippen LogP contribution in [-0.4, -0.2) is 28.4 Å². The summed E-state index contributed by atoms with van der Waals surface area (Å²) in [4.78, 5) is 23.0. The van der Waals surface area contributed by atoms with Crippen LogP contribution in [0.3, 0.4) is 0 Å². The Labute approximate surface area is 102 Å². The Bertz CT molecular complexity index is 283. The van der Waals surface area contributed by atoms with Gasteiger partial charge in [0.2, 0.25) is 5.60 Å². The molecule has 1 amide bonds. The predicted octanol–water partition coefficient (Wildman–Crippen LogP) is 1.85. The molecule has 0 aromatic carbocycles. The lowest BCUT2D eigenvalue weighted by molar-refractivity contribution is -0.165. The van der Waals surface area contributed by atoms with Crippen LogP contribution in [0.1, 0.15) is 41.5 Å². The van der Waals surface area contributed by atoms with E-state index in [0.717, 1.165) is 0 Å². The molecule has 0 saturated heterocycles. The van der Waals surface area contributed by atoms with E-state index < -0.39 is 28.4 Å². The van der Waals surface area contributed by atoms with Gasteiger partial charge >= 0.3 is 5.97 Å². The van der Waals surface area contributed by atoms with Gasteiger partial charge in [0.25, 0.3) is 5.91 Å². The maximum absolute atomic E-state index is 12.0. The molecule has 0 aliphatic rings. The molecule has 0 aliphatic carbocycles. The second-order valence-corrected chi connectivity index (χ2v) is 5.68. The highest BCUT2D eigenvalue weighted by atomic mass is 35.5. The van der Waals surface area contributed by atoms with Crippen molar-refractivity contribution in [2.75, 3.05) is 0 Å². The molecule has 16 heavy (non-hydrogen) atoms. The molecule has 94 valence electrons. The Morgan fingerprint density at radius 2 is 1.69 bits per heavy atom. The van der Waals surface area contributed by atoms with E-state index in [1.807, 2.05) is 20.8 Å². The van der Waals surface area contributed by atoms with Gasteiger partial charge in [-0.1, -0.05) is 0 Å². The molecule has 4 nitrogen and oxygen atoms in total. The van der Waals surface area contributed by atoms with Crippen molar-refractivity contribution in [1.29, 1.82) is 0 Å². The van der Waals surface area contributed by atoms with Crippen molar-refractivity contribution in [2.45, 2.75) is 58.1 Å². The molecule has 0 aromatic rings. The fraction of sp³-hybridized carbons (Fsp3) is 0.818. The van der Waals surface area contributed by atoms with Gasteiger partial charge in [0, 0.05) is 12.5 Å². The van der Waals surface area contributed by atoms with Gasteiger partial charge in [-0.3, -0.25) is 9.59 Å². The quantitative estimate of drug-likeness (QED) is 0.614. The maximum Gasteiger partial charge on any atom is 0.303 e. The zero-order valence-corrected chi connectivity index (χ0v) is 11.4. The molecule has 0 aromatic heterocycles. The molecule has 2 unspecified atom stereocenters. The van der Waals surface area contributed by atoms with Crippen LogP contribution in [0.5, 0.6) is 0 Å². The third-order valence-electron chi connectivity index (χ3n) is 2.05. The monoisotopic (exact) mass is 249 g/mol. The molecule has 0 radical (unpaired) electrons. The van der Waals surface area contributed by atoms with Gasteiger partial charge in [-0.25, -0.2) is 0 Å². The largest absolute Gasteiger partial charge is 0.448 e. The molecule has 1 N–H and O–H groups in total.